The fourth-order valence-electron chi connectivity index (χ4n) is 0. The molecule has 0 aliphatic heterocycles. The zero-order valence-corrected chi connectivity index (χ0v) is 8.19. The van der Waals surface area contributed by atoms with Crippen LogP contribution in [0.25, 0.3) is 0 Å². The molecule has 38 valence electrons. The summed E-state index contributed by atoms with van der Waals surface area (Å²) < 4.78 is 0. The van der Waals surface area contributed by atoms with Crippen LogP contribution >= 0.6 is 24.8 Å². The maximum atomic E-state index is 0. The van der Waals surface area contributed by atoms with Gasteiger partial charge in [-0.2, -0.15) is 0 Å². The van der Waals surface area contributed by atoms with E-state index >= 15 is 0 Å². The van der Waals surface area contributed by atoms with Crippen molar-refractivity contribution >= 4 is 48.7 Å². The number of hydrogen-bond donors (Lipinski definition) is 0. The number of halogens is 2. The second-order valence-electron chi connectivity index (χ2n) is 0. The molecule has 2 nitrogen and oxygen atoms in total. The normalized spacial score (nSPS) is 0. The third-order valence-electron chi connectivity index (χ3n) is 0. The van der Waals surface area contributed by atoms with Gasteiger partial charge in [0.25, 0.3) is 0 Å². The zero-order chi connectivity index (χ0) is 0. The van der Waals surface area contributed by atoms with E-state index in [1.807, 2.05) is 0 Å². The van der Waals surface area contributed by atoms with E-state index in [4.69, 9.17) is 0 Å². The van der Waals surface area contributed by atoms with E-state index in [0.29, 0.717) is 0 Å². The summed E-state index contributed by atoms with van der Waals surface area (Å²) in [6, 6.07) is 0. The molecular weight excluding hydrogens is 222 g/mol. The fourth-order valence-corrected chi connectivity index (χ4v) is 0. The molecule has 0 saturated carbocycles. The van der Waals surface area contributed by atoms with Gasteiger partial charge in [0.15, 0.2) is 0 Å². The van der Waals surface area contributed by atoms with Crippen molar-refractivity contribution in [2.24, 2.45) is 0 Å². The number of hydrogen-bond acceptors (Lipinski definition) is 0. The van der Waals surface area contributed by atoms with Crippen molar-refractivity contribution in [2.45, 2.75) is 0 Å². The monoisotopic (exact) mass is 230 g/mol. The molecule has 0 aromatic rings. The second-order valence-corrected chi connectivity index (χ2v) is 0. The van der Waals surface area contributed by atoms with Crippen LogP contribution in [0.4, 0.5) is 0 Å². The minimum absolute atomic E-state index is 0. The van der Waals surface area contributed by atoms with Gasteiger partial charge in [0.1, 0.15) is 0 Å². The van der Waals surface area contributed by atoms with Gasteiger partial charge < -0.3 is 11.0 Å². The van der Waals surface area contributed by atoms with Crippen molar-refractivity contribution in [3.8, 4) is 0 Å². The van der Waals surface area contributed by atoms with Crippen LogP contribution in [-0.4, -0.2) is 34.9 Å². The molecular formula is H8Cl2O2Sn. The Morgan fingerprint density at radius 3 is 0.600 bits per heavy atom. The summed E-state index contributed by atoms with van der Waals surface area (Å²) in [4.78, 5) is 0. The van der Waals surface area contributed by atoms with Crippen LogP contribution in [0.2, 0.25) is 0 Å². The summed E-state index contributed by atoms with van der Waals surface area (Å²) in [6.45, 7) is 0. The van der Waals surface area contributed by atoms with Crippen LogP contribution in [0.1, 0.15) is 0 Å². The maximum absolute atomic E-state index is 0. The van der Waals surface area contributed by atoms with Crippen LogP contribution in [-0.2, 0) is 0 Å². The van der Waals surface area contributed by atoms with Crippen LogP contribution < -0.4 is 0 Å². The van der Waals surface area contributed by atoms with E-state index in [2.05, 4.69) is 0 Å². The molecule has 0 rings (SSSR count). The number of rotatable bonds is 0. The van der Waals surface area contributed by atoms with Gasteiger partial charge in [-0.05, 0) is 0 Å². The average molecular weight is 230 g/mol. The Morgan fingerprint density at radius 2 is 0.600 bits per heavy atom. The molecule has 0 spiro atoms. The first-order chi connectivity index (χ1) is 0. The molecule has 2 radical (unpaired) electrons. The predicted molar refractivity (Wildman–Crippen MR) is 30.3 cm³/mol. The Balaban J connectivity index is 0. The molecule has 0 unspecified atom stereocenters. The first-order valence-corrected chi connectivity index (χ1v) is 0. The standard InChI is InChI=1S/2ClH.2H2O.Sn.2H/h2*1H;2*1H2;;;. The van der Waals surface area contributed by atoms with Crippen molar-refractivity contribution in [3.05, 3.63) is 0 Å². The first kappa shape index (κ1) is 105. The molecule has 0 aliphatic rings. The molecule has 0 aromatic carbocycles. The topological polar surface area (TPSA) is 63.0 Å². The molecule has 0 atom stereocenters. The van der Waals surface area contributed by atoms with E-state index in [1.165, 1.54) is 0 Å². The molecule has 5 heavy (non-hydrogen) atoms. The van der Waals surface area contributed by atoms with Gasteiger partial charge in [-0.3, -0.25) is 0 Å². The van der Waals surface area contributed by atoms with Gasteiger partial charge in [-0.25, -0.2) is 0 Å². The summed E-state index contributed by atoms with van der Waals surface area (Å²) in [5.41, 5.74) is 0. The summed E-state index contributed by atoms with van der Waals surface area (Å²) in [5.74, 6) is 0. The average Bonchev–Trinajstić information content (AvgIpc) is 0. The van der Waals surface area contributed by atoms with E-state index < -0.39 is 0 Å². The summed E-state index contributed by atoms with van der Waals surface area (Å²) in [5, 5.41) is 0. The molecule has 0 fully saturated rings. The van der Waals surface area contributed by atoms with Crippen LogP contribution in [0.5, 0.6) is 0 Å². The predicted octanol–water partition coefficient (Wildman–Crippen LogP) is -1.72. The van der Waals surface area contributed by atoms with E-state index in [9.17, 15) is 0 Å². The van der Waals surface area contributed by atoms with Gasteiger partial charge >= 0.3 is 23.9 Å². The van der Waals surface area contributed by atoms with Gasteiger partial charge in [-0.1, -0.05) is 0 Å². The van der Waals surface area contributed by atoms with Gasteiger partial charge in [0, 0.05) is 0 Å². The summed E-state index contributed by atoms with van der Waals surface area (Å²) in [7, 11) is 0. The van der Waals surface area contributed by atoms with Crippen LogP contribution in [0.3, 0.4) is 0 Å². The second kappa shape index (κ2) is 58.1. The van der Waals surface area contributed by atoms with Crippen molar-refractivity contribution < 1.29 is 11.0 Å². The third-order valence-corrected chi connectivity index (χ3v) is 0. The molecule has 0 heterocycles. The zero-order valence-electron chi connectivity index (χ0n) is 2.52. The van der Waals surface area contributed by atoms with E-state index in [0.717, 1.165) is 0 Å². The first-order valence-electron chi connectivity index (χ1n) is 0. The third kappa shape index (κ3) is 34.2. The Bertz CT molecular complexity index is 7.61. The van der Waals surface area contributed by atoms with Crippen LogP contribution in [0.15, 0.2) is 0 Å². The Kier molecular flexibility index (Phi) is 1220. The molecule has 0 aliphatic carbocycles. The van der Waals surface area contributed by atoms with Crippen molar-refractivity contribution in [1.29, 1.82) is 0 Å². The summed E-state index contributed by atoms with van der Waals surface area (Å²) >= 11 is 0. The molecule has 4 N–H and O–H groups in total. The molecule has 0 bridgehead atoms. The van der Waals surface area contributed by atoms with Crippen molar-refractivity contribution in [3.63, 3.8) is 0 Å². The van der Waals surface area contributed by atoms with E-state index in [-0.39, 0.29) is 59.7 Å². The molecule has 5 heteroatoms. The van der Waals surface area contributed by atoms with Crippen molar-refractivity contribution in [2.75, 3.05) is 0 Å². The molecule has 0 amide bonds. The Labute approximate surface area is 59.7 Å². The Hall–Kier alpha value is 1.30. The minimum atomic E-state index is 0. The van der Waals surface area contributed by atoms with Gasteiger partial charge in [0.05, 0.1) is 0 Å². The Morgan fingerprint density at radius 1 is 0.600 bits per heavy atom. The van der Waals surface area contributed by atoms with Crippen LogP contribution in [0, 0.1) is 0 Å². The van der Waals surface area contributed by atoms with Crippen molar-refractivity contribution in [1.82, 2.24) is 0 Å². The fraction of sp³-hybridized carbons (Fsp3) is 0. The molecule has 0 aromatic heterocycles. The van der Waals surface area contributed by atoms with E-state index in [1.54, 1.807) is 0 Å². The van der Waals surface area contributed by atoms with Gasteiger partial charge in [-0.15, -0.1) is 24.8 Å². The SMILES string of the molecule is Cl.Cl.O.O.[SnH2]. The summed E-state index contributed by atoms with van der Waals surface area (Å²) in [6.07, 6.45) is 0. The quantitative estimate of drug-likeness (QED) is 0.444. The van der Waals surface area contributed by atoms with Gasteiger partial charge in [0.2, 0.25) is 0 Å². The molecule has 0 saturated heterocycles.